The minimum atomic E-state index is -3.49. The van der Waals surface area contributed by atoms with Gasteiger partial charge in [0, 0.05) is 18.3 Å². The van der Waals surface area contributed by atoms with Gasteiger partial charge in [0.05, 0.1) is 0 Å². The highest BCUT2D eigenvalue weighted by atomic mass is 32.2. The molecule has 5 nitrogen and oxygen atoms in total. The van der Waals surface area contributed by atoms with Gasteiger partial charge >= 0.3 is 0 Å². The zero-order valence-corrected chi connectivity index (χ0v) is 13.9. The van der Waals surface area contributed by atoms with Crippen molar-refractivity contribution in [3.8, 4) is 0 Å². The molecular formula is C13H22N2O3S2. The molecule has 1 aliphatic heterocycles. The first-order valence-electron chi connectivity index (χ1n) is 7.01. The SMILES string of the molecule is CCS[C@@H]1CCCCN(S(=O)(=O)c2c(C)noc2C)C1. The third-order valence-corrected chi connectivity index (χ3v) is 6.86. The van der Waals surface area contributed by atoms with E-state index in [0.29, 0.717) is 29.8 Å². The molecule has 1 saturated heterocycles. The monoisotopic (exact) mass is 318 g/mol. The molecule has 1 fully saturated rings. The summed E-state index contributed by atoms with van der Waals surface area (Å²) in [6.07, 6.45) is 3.10. The lowest BCUT2D eigenvalue weighted by atomic mass is 10.2. The first-order chi connectivity index (χ1) is 9.46. The Kier molecular flexibility index (Phi) is 5.14. The molecule has 1 aromatic rings. The molecule has 2 heterocycles. The normalized spacial score (nSPS) is 21.9. The van der Waals surface area contributed by atoms with E-state index in [1.165, 1.54) is 0 Å². The standard InChI is InChI=1S/C13H22N2O3S2/c1-4-19-12-7-5-6-8-15(9-12)20(16,17)13-10(2)14-18-11(13)3/h12H,4-9H2,1-3H3/t12-/m1/s1. The van der Waals surface area contributed by atoms with E-state index in [-0.39, 0.29) is 4.90 Å². The second-order valence-electron chi connectivity index (χ2n) is 5.09. The zero-order chi connectivity index (χ0) is 14.8. The minimum Gasteiger partial charge on any atom is -0.360 e. The molecule has 1 atom stereocenters. The van der Waals surface area contributed by atoms with E-state index in [1.54, 1.807) is 18.2 Å². The van der Waals surface area contributed by atoms with Crippen molar-refractivity contribution >= 4 is 21.8 Å². The van der Waals surface area contributed by atoms with Crippen LogP contribution >= 0.6 is 11.8 Å². The fourth-order valence-corrected chi connectivity index (χ4v) is 5.63. The average Bonchev–Trinajstić information content (AvgIpc) is 2.62. The van der Waals surface area contributed by atoms with E-state index in [2.05, 4.69) is 12.1 Å². The first-order valence-corrected chi connectivity index (χ1v) is 9.50. The number of hydrogen-bond donors (Lipinski definition) is 0. The molecule has 0 spiro atoms. The van der Waals surface area contributed by atoms with Crippen molar-refractivity contribution in [2.45, 2.75) is 50.2 Å². The van der Waals surface area contributed by atoms with Crippen LogP contribution in [0.2, 0.25) is 0 Å². The Hall–Kier alpha value is -0.530. The molecule has 0 radical (unpaired) electrons. The molecule has 7 heteroatoms. The molecule has 0 N–H and O–H groups in total. The summed E-state index contributed by atoms with van der Waals surface area (Å²) < 4.78 is 32.2. The van der Waals surface area contributed by atoms with Crippen LogP contribution in [0.5, 0.6) is 0 Å². The molecule has 20 heavy (non-hydrogen) atoms. The largest absolute Gasteiger partial charge is 0.360 e. The third-order valence-electron chi connectivity index (χ3n) is 3.56. The van der Waals surface area contributed by atoms with E-state index < -0.39 is 10.0 Å². The maximum atomic E-state index is 12.8. The van der Waals surface area contributed by atoms with Crippen molar-refractivity contribution in [1.82, 2.24) is 9.46 Å². The molecule has 0 unspecified atom stereocenters. The van der Waals surface area contributed by atoms with Gasteiger partial charge in [-0.2, -0.15) is 16.1 Å². The lowest BCUT2D eigenvalue weighted by Gasteiger charge is -2.23. The second kappa shape index (κ2) is 6.49. The third kappa shape index (κ3) is 3.20. The Morgan fingerprint density at radius 2 is 2.15 bits per heavy atom. The summed E-state index contributed by atoms with van der Waals surface area (Å²) in [5.41, 5.74) is 0.450. The average molecular weight is 318 g/mol. The fourth-order valence-electron chi connectivity index (χ4n) is 2.63. The first kappa shape index (κ1) is 15.9. The van der Waals surface area contributed by atoms with Crippen LogP contribution in [0.4, 0.5) is 0 Å². The van der Waals surface area contributed by atoms with Gasteiger partial charge in [-0.05, 0) is 32.4 Å². The molecule has 0 aliphatic carbocycles. The lowest BCUT2D eigenvalue weighted by molar-refractivity contribution is 0.388. The van der Waals surface area contributed by atoms with Crippen molar-refractivity contribution in [3.63, 3.8) is 0 Å². The highest BCUT2D eigenvalue weighted by Gasteiger charge is 2.33. The van der Waals surface area contributed by atoms with Crippen LogP contribution in [0.1, 0.15) is 37.6 Å². The summed E-state index contributed by atoms with van der Waals surface area (Å²) in [7, 11) is -3.49. The molecule has 1 aliphatic rings. The quantitative estimate of drug-likeness (QED) is 0.854. The van der Waals surface area contributed by atoms with Crippen LogP contribution in [-0.4, -0.2) is 42.0 Å². The van der Waals surface area contributed by atoms with Gasteiger partial charge in [0.15, 0.2) is 5.76 Å². The van der Waals surface area contributed by atoms with Gasteiger partial charge in [0.1, 0.15) is 10.6 Å². The number of rotatable bonds is 4. The number of aryl methyl sites for hydroxylation is 2. The Bertz CT molecular complexity index is 534. The van der Waals surface area contributed by atoms with Gasteiger partial charge in [-0.1, -0.05) is 18.5 Å². The van der Waals surface area contributed by atoms with E-state index in [4.69, 9.17) is 4.52 Å². The van der Waals surface area contributed by atoms with Crippen LogP contribution in [0, 0.1) is 13.8 Å². The van der Waals surface area contributed by atoms with Gasteiger partial charge in [-0.3, -0.25) is 0 Å². The number of hydrogen-bond acceptors (Lipinski definition) is 5. The molecule has 0 aromatic carbocycles. The number of aromatic nitrogens is 1. The molecule has 0 amide bonds. The fraction of sp³-hybridized carbons (Fsp3) is 0.769. The Balaban J connectivity index is 2.28. The number of sulfonamides is 1. The molecule has 0 bridgehead atoms. The summed E-state index contributed by atoms with van der Waals surface area (Å²) in [5.74, 6) is 1.40. The van der Waals surface area contributed by atoms with E-state index in [9.17, 15) is 8.42 Å². The van der Waals surface area contributed by atoms with Gasteiger partial charge in [-0.15, -0.1) is 0 Å². The van der Waals surface area contributed by atoms with Crippen molar-refractivity contribution in [3.05, 3.63) is 11.5 Å². The smallest absolute Gasteiger partial charge is 0.248 e. The maximum Gasteiger partial charge on any atom is 0.248 e. The van der Waals surface area contributed by atoms with Gasteiger partial charge < -0.3 is 4.52 Å². The Labute approximate surface area is 125 Å². The Morgan fingerprint density at radius 3 is 2.75 bits per heavy atom. The highest BCUT2D eigenvalue weighted by Crippen LogP contribution is 2.28. The van der Waals surface area contributed by atoms with Crippen LogP contribution in [0.25, 0.3) is 0 Å². The summed E-state index contributed by atoms with van der Waals surface area (Å²) in [4.78, 5) is 0.250. The van der Waals surface area contributed by atoms with Crippen LogP contribution < -0.4 is 0 Å². The minimum absolute atomic E-state index is 0.250. The number of nitrogens with zero attached hydrogens (tertiary/aromatic N) is 2. The predicted octanol–water partition coefficient (Wildman–Crippen LogP) is 2.59. The van der Waals surface area contributed by atoms with Crippen LogP contribution in [0.15, 0.2) is 9.42 Å². The lowest BCUT2D eigenvalue weighted by Crippen LogP contribution is -2.36. The second-order valence-corrected chi connectivity index (χ2v) is 8.54. The van der Waals surface area contributed by atoms with Gasteiger partial charge in [-0.25, -0.2) is 8.42 Å². The highest BCUT2D eigenvalue weighted by molar-refractivity contribution is 7.99. The predicted molar refractivity (Wildman–Crippen MR) is 80.5 cm³/mol. The van der Waals surface area contributed by atoms with Crippen LogP contribution in [0.3, 0.4) is 0 Å². The van der Waals surface area contributed by atoms with E-state index >= 15 is 0 Å². The maximum absolute atomic E-state index is 12.8. The topological polar surface area (TPSA) is 63.4 Å². The molecule has 114 valence electrons. The van der Waals surface area contributed by atoms with Crippen molar-refractivity contribution in [2.24, 2.45) is 0 Å². The van der Waals surface area contributed by atoms with Crippen molar-refractivity contribution < 1.29 is 12.9 Å². The zero-order valence-electron chi connectivity index (χ0n) is 12.3. The number of thioether (sulfide) groups is 1. The Morgan fingerprint density at radius 1 is 1.40 bits per heavy atom. The summed E-state index contributed by atoms with van der Waals surface area (Å²) in [6, 6.07) is 0. The molecule has 1 aromatic heterocycles. The molecular weight excluding hydrogens is 296 g/mol. The molecule has 2 rings (SSSR count). The molecule has 0 saturated carbocycles. The van der Waals surface area contributed by atoms with Crippen molar-refractivity contribution in [2.75, 3.05) is 18.8 Å². The van der Waals surface area contributed by atoms with E-state index in [0.717, 1.165) is 25.0 Å². The van der Waals surface area contributed by atoms with Crippen molar-refractivity contribution in [1.29, 1.82) is 0 Å². The summed E-state index contributed by atoms with van der Waals surface area (Å²) in [5, 5.41) is 4.16. The van der Waals surface area contributed by atoms with Crippen LogP contribution in [-0.2, 0) is 10.0 Å². The van der Waals surface area contributed by atoms with Gasteiger partial charge in [0.2, 0.25) is 10.0 Å². The van der Waals surface area contributed by atoms with E-state index in [1.807, 2.05) is 11.8 Å². The van der Waals surface area contributed by atoms with Gasteiger partial charge in [0.25, 0.3) is 0 Å². The summed E-state index contributed by atoms with van der Waals surface area (Å²) in [6.45, 7) is 6.63. The summed E-state index contributed by atoms with van der Waals surface area (Å²) >= 11 is 1.85.